The first-order chi connectivity index (χ1) is 13.8. The van der Waals surface area contributed by atoms with Gasteiger partial charge in [-0.25, -0.2) is 0 Å². The summed E-state index contributed by atoms with van der Waals surface area (Å²) in [6.45, 7) is 7.67. The maximum atomic E-state index is 10.9. The summed E-state index contributed by atoms with van der Waals surface area (Å²) in [6, 6.07) is 16.9. The number of hydrogen-bond acceptors (Lipinski definition) is 3. The number of aryl methyl sites for hydroxylation is 1. The van der Waals surface area contributed by atoms with Gasteiger partial charge in [0, 0.05) is 53.2 Å². The lowest BCUT2D eigenvalue weighted by molar-refractivity contribution is 0.138. The molecule has 0 aliphatic carbocycles. The van der Waals surface area contributed by atoms with Crippen LogP contribution in [0.5, 0.6) is 0 Å². The predicted octanol–water partition coefficient (Wildman–Crippen LogP) is 4.27. The number of aromatic nitrogens is 3. The van der Waals surface area contributed by atoms with Crippen LogP contribution in [0, 0.1) is 5.41 Å². The van der Waals surface area contributed by atoms with Crippen molar-refractivity contribution in [1.82, 2.24) is 19.7 Å². The van der Waals surface area contributed by atoms with Gasteiger partial charge < -0.3 is 15.0 Å². The number of nitrogens with zero attached hydrogens (tertiary/aromatic N) is 3. The van der Waals surface area contributed by atoms with E-state index in [9.17, 15) is 5.11 Å². The Balaban J connectivity index is 1.56. The lowest BCUT2D eigenvalue weighted by Gasteiger charge is -2.32. The summed E-state index contributed by atoms with van der Waals surface area (Å²) in [6.07, 6.45) is 3.44. The minimum Gasteiger partial charge on any atom is -0.390 e. The van der Waals surface area contributed by atoms with Crippen LogP contribution in [0.25, 0.3) is 21.8 Å². The van der Waals surface area contributed by atoms with Crippen LogP contribution in [0.1, 0.15) is 32.4 Å². The first-order valence-corrected chi connectivity index (χ1v) is 10.2. The van der Waals surface area contributed by atoms with Gasteiger partial charge in [0.2, 0.25) is 0 Å². The van der Waals surface area contributed by atoms with E-state index in [0.29, 0.717) is 13.1 Å². The molecule has 0 saturated heterocycles. The molecule has 4 aromatic rings. The quantitative estimate of drug-likeness (QED) is 0.517. The van der Waals surface area contributed by atoms with Gasteiger partial charge >= 0.3 is 0 Å². The van der Waals surface area contributed by atoms with Crippen molar-refractivity contribution in [3.8, 4) is 0 Å². The second kappa shape index (κ2) is 7.65. The van der Waals surface area contributed by atoms with E-state index in [1.165, 1.54) is 10.8 Å². The molecular formula is C24H30N4O. The molecule has 2 aromatic heterocycles. The molecule has 2 heterocycles. The third-order valence-corrected chi connectivity index (χ3v) is 5.55. The van der Waals surface area contributed by atoms with Gasteiger partial charge in [-0.2, -0.15) is 5.10 Å². The Bertz CT molecular complexity index is 1070. The number of aliphatic hydroxyl groups is 1. The van der Waals surface area contributed by atoms with Crippen molar-refractivity contribution in [2.24, 2.45) is 12.5 Å². The third-order valence-electron chi connectivity index (χ3n) is 5.55. The SMILES string of the molecule is Cn1cc(C(NCC(O)Cn2c3ccccc3c3ccccc32)C(C)(C)C)cn1. The number of hydrogen-bond donors (Lipinski definition) is 2. The van der Waals surface area contributed by atoms with E-state index < -0.39 is 6.10 Å². The molecule has 0 amide bonds. The highest BCUT2D eigenvalue weighted by Crippen LogP contribution is 2.33. The minimum atomic E-state index is -0.504. The number of para-hydroxylation sites is 2. The van der Waals surface area contributed by atoms with E-state index in [2.05, 4.69) is 84.3 Å². The number of rotatable bonds is 6. The van der Waals surface area contributed by atoms with Crippen LogP contribution in [-0.4, -0.2) is 32.1 Å². The fraction of sp³-hybridized carbons (Fsp3) is 0.375. The molecule has 0 radical (unpaired) electrons. The lowest BCUT2D eigenvalue weighted by Crippen LogP contribution is -2.38. The van der Waals surface area contributed by atoms with Crippen molar-refractivity contribution in [2.45, 2.75) is 39.5 Å². The van der Waals surface area contributed by atoms with E-state index in [-0.39, 0.29) is 11.5 Å². The van der Waals surface area contributed by atoms with Crippen molar-refractivity contribution in [2.75, 3.05) is 6.54 Å². The summed E-state index contributed by atoms with van der Waals surface area (Å²) in [5, 5.41) is 21.3. The Morgan fingerprint density at radius 1 is 1.00 bits per heavy atom. The third kappa shape index (κ3) is 3.93. The summed E-state index contributed by atoms with van der Waals surface area (Å²) in [5.41, 5.74) is 3.47. The average Bonchev–Trinajstić information content (AvgIpc) is 3.23. The zero-order chi connectivity index (χ0) is 20.6. The van der Waals surface area contributed by atoms with E-state index in [1.54, 1.807) is 0 Å². The first kappa shape index (κ1) is 19.7. The highest BCUT2D eigenvalue weighted by Gasteiger charge is 2.27. The summed E-state index contributed by atoms with van der Waals surface area (Å²) >= 11 is 0. The second-order valence-corrected chi connectivity index (χ2v) is 8.95. The molecular weight excluding hydrogens is 360 g/mol. The van der Waals surface area contributed by atoms with Crippen LogP contribution in [-0.2, 0) is 13.6 Å². The van der Waals surface area contributed by atoms with Crippen molar-refractivity contribution in [1.29, 1.82) is 0 Å². The van der Waals surface area contributed by atoms with Gasteiger partial charge in [-0.1, -0.05) is 57.2 Å². The minimum absolute atomic E-state index is 0.00952. The molecule has 0 saturated carbocycles. The number of aliphatic hydroxyl groups excluding tert-OH is 1. The van der Waals surface area contributed by atoms with Crippen molar-refractivity contribution in [3.05, 3.63) is 66.5 Å². The van der Waals surface area contributed by atoms with Crippen molar-refractivity contribution >= 4 is 21.8 Å². The maximum absolute atomic E-state index is 10.9. The van der Waals surface area contributed by atoms with Gasteiger partial charge in [0.15, 0.2) is 0 Å². The zero-order valence-electron chi connectivity index (χ0n) is 17.6. The molecule has 0 aliphatic heterocycles. The number of benzene rings is 2. The monoisotopic (exact) mass is 390 g/mol. The fourth-order valence-electron chi connectivity index (χ4n) is 4.24. The summed E-state index contributed by atoms with van der Waals surface area (Å²) in [4.78, 5) is 0. The first-order valence-electron chi connectivity index (χ1n) is 10.2. The largest absolute Gasteiger partial charge is 0.390 e. The maximum Gasteiger partial charge on any atom is 0.0843 e. The zero-order valence-corrected chi connectivity index (χ0v) is 17.6. The molecule has 0 aliphatic rings. The van der Waals surface area contributed by atoms with Crippen molar-refractivity contribution < 1.29 is 5.11 Å². The summed E-state index contributed by atoms with van der Waals surface area (Å²) in [5.74, 6) is 0. The van der Waals surface area contributed by atoms with Crippen LogP contribution in [0.15, 0.2) is 60.9 Å². The van der Waals surface area contributed by atoms with Crippen LogP contribution in [0.3, 0.4) is 0 Å². The standard InChI is InChI=1S/C24H30N4O/c1-24(2,3)23(17-13-26-27(4)15-17)25-14-18(29)16-28-21-11-7-5-9-19(21)20-10-6-8-12-22(20)28/h5-13,15,18,23,25,29H,14,16H2,1-4H3. The number of nitrogens with one attached hydrogen (secondary N) is 1. The van der Waals surface area contributed by atoms with E-state index in [0.717, 1.165) is 16.6 Å². The Morgan fingerprint density at radius 3 is 2.10 bits per heavy atom. The molecule has 152 valence electrons. The average molecular weight is 391 g/mol. The molecule has 2 aromatic carbocycles. The fourth-order valence-corrected chi connectivity index (χ4v) is 4.24. The predicted molar refractivity (Wildman–Crippen MR) is 119 cm³/mol. The Hall–Kier alpha value is -2.63. The molecule has 4 rings (SSSR count). The van der Waals surface area contributed by atoms with E-state index >= 15 is 0 Å². The molecule has 0 bridgehead atoms. The highest BCUT2D eigenvalue weighted by atomic mass is 16.3. The van der Waals surface area contributed by atoms with Gasteiger partial charge in [-0.3, -0.25) is 4.68 Å². The van der Waals surface area contributed by atoms with Crippen LogP contribution in [0.4, 0.5) is 0 Å². The Morgan fingerprint density at radius 2 is 1.59 bits per heavy atom. The van der Waals surface area contributed by atoms with Gasteiger partial charge in [-0.05, 0) is 17.5 Å². The van der Waals surface area contributed by atoms with Gasteiger partial charge in [-0.15, -0.1) is 0 Å². The molecule has 29 heavy (non-hydrogen) atoms. The molecule has 5 nitrogen and oxygen atoms in total. The normalized spacial score (nSPS) is 14.5. The summed E-state index contributed by atoms with van der Waals surface area (Å²) < 4.78 is 4.05. The highest BCUT2D eigenvalue weighted by molar-refractivity contribution is 6.07. The topological polar surface area (TPSA) is 55.0 Å². The Labute approximate surface area is 172 Å². The van der Waals surface area contributed by atoms with E-state index in [1.807, 2.05) is 24.1 Å². The van der Waals surface area contributed by atoms with Crippen LogP contribution < -0.4 is 5.32 Å². The molecule has 0 fully saturated rings. The van der Waals surface area contributed by atoms with Crippen LogP contribution in [0.2, 0.25) is 0 Å². The second-order valence-electron chi connectivity index (χ2n) is 8.95. The van der Waals surface area contributed by atoms with E-state index in [4.69, 9.17) is 0 Å². The van der Waals surface area contributed by atoms with Gasteiger partial charge in [0.05, 0.1) is 18.8 Å². The summed E-state index contributed by atoms with van der Waals surface area (Å²) in [7, 11) is 1.93. The molecule has 2 N–H and O–H groups in total. The number of fused-ring (bicyclic) bond motifs is 3. The molecule has 0 spiro atoms. The molecule has 5 heteroatoms. The van der Waals surface area contributed by atoms with Gasteiger partial charge in [0.1, 0.15) is 0 Å². The van der Waals surface area contributed by atoms with Crippen molar-refractivity contribution in [3.63, 3.8) is 0 Å². The molecule has 2 unspecified atom stereocenters. The van der Waals surface area contributed by atoms with Gasteiger partial charge in [0.25, 0.3) is 0 Å². The molecule has 2 atom stereocenters. The van der Waals surface area contributed by atoms with Crippen LogP contribution >= 0.6 is 0 Å². The smallest absolute Gasteiger partial charge is 0.0843 e. The Kier molecular flexibility index (Phi) is 5.19. The lowest BCUT2D eigenvalue weighted by atomic mass is 9.83.